The number of anilines is 1. The maximum Gasteiger partial charge on any atom is 0.140 e. The molecule has 0 aliphatic rings. The first-order valence-electron chi connectivity index (χ1n) is 4.43. The summed E-state index contributed by atoms with van der Waals surface area (Å²) >= 11 is 2.81. The van der Waals surface area contributed by atoms with Gasteiger partial charge in [-0.05, 0) is 33.6 Å². The van der Waals surface area contributed by atoms with E-state index >= 15 is 0 Å². The molecule has 84 valence electrons. The highest BCUT2D eigenvalue weighted by molar-refractivity contribution is 9.10. The van der Waals surface area contributed by atoms with Crippen molar-refractivity contribution in [2.75, 3.05) is 5.73 Å². The zero-order chi connectivity index (χ0) is 11.9. The SMILES string of the molecule is Cn1ncc(-c2cc(F)c(Br)c(F)c2)c1N. The highest BCUT2D eigenvalue weighted by atomic mass is 79.9. The maximum absolute atomic E-state index is 13.3. The predicted octanol–water partition coefficient (Wildman–Crippen LogP) is 2.71. The number of hydrogen-bond acceptors (Lipinski definition) is 2. The van der Waals surface area contributed by atoms with Crippen LogP contribution in [0, 0.1) is 11.6 Å². The fourth-order valence-electron chi connectivity index (χ4n) is 1.38. The van der Waals surface area contributed by atoms with E-state index in [9.17, 15) is 8.78 Å². The van der Waals surface area contributed by atoms with Crippen molar-refractivity contribution in [3.63, 3.8) is 0 Å². The van der Waals surface area contributed by atoms with Gasteiger partial charge >= 0.3 is 0 Å². The molecule has 0 bridgehead atoms. The van der Waals surface area contributed by atoms with E-state index in [2.05, 4.69) is 21.0 Å². The highest BCUT2D eigenvalue weighted by Gasteiger charge is 2.13. The van der Waals surface area contributed by atoms with Gasteiger partial charge in [0, 0.05) is 12.6 Å². The number of nitrogens with zero attached hydrogens (tertiary/aromatic N) is 2. The zero-order valence-electron chi connectivity index (χ0n) is 8.34. The quantitative estimate of drug-likeness (QED) is 0.820. The molecule has 6 heteroatoms. The van der Waals surface area contributed by atoms with Crippen LogP contribution in [-0.4, -0.2) is 9.78 Å². The van der Waals surface area contributed by atoms with E-state index in [0.717, 1.165) is 0 Å². The second kappa shape index (κ2) is 3.86. The van der Waals surface area contributed by atoms with Gasteiger partial charge in [-0.15, -0.1) is 0 Å². The van der Waals surface area contributed by atoms with Crippen molar-refractivity contribution in [3.8, 4) is 11.1 Å². The Morgan fingerprint density at radius 3 is 2.31 bits per heavy atom. The lowest BCUT2D eigenvalue weighted by Gasteiger charge is -2.03. The summed E-state index contributed by atoms with van der Waals surface area (Å²) in [6.07, 6.45) is 1.47. The number of nitrogen functional groups attached to an aromatic ring is 1. The van der Waals surface area contributed by atoms with Crippen LogP contribution in [0.15, 0.2) is 22.8 Å². The number of rotatable bonds is 1. The first-order valence-corrected chi connectivity index (χ1v) is 5.22. The summed E-state index contributed by atoms with van der Waals surface area (Å²) in [5, 5.41) is 3.91. The first kappa shape index (κ1) is 11.1. The Balaban J connectivity index is 2.61. The molecule has 0 fully saturated rings. The third-order valence-electron chi connectivity index (χ3n) is 2.28. The molecule has 1 heterocycles. The average molecular weight is 288 g/mol. The predicted molar refractivity (Wildman–Crippen MR) is 60.7 cm³/mol. The monoisotopic (exact) mass is 287 g/mol. The molecule has 2 aromatic rings. The van der Waals surface area contributed by atoms with Crippen LogP contribution in [0.3, 0.4) is 0 Å². The van der Waals surface area contributed by atoms with Crippen LogP contribution in [0.4, 0.5) is 14.6 Å². The zero-order valence-corrected chi connectivity index (χ0v) is 9.92. The summed E-state index contributed by atoms with van der Waals surface area (Å²) in [7, 11) is 1.66. The molecule has 0 amide bonds. The van der Waals surface area contributed by atoms with Crippen molar-refractivity contribution in [3.05, 3.63) is 34.4 Å². The van der Waals surface area contributed by atoms with Gasteiger partial charge in [0.15, 0.2) is 0 Å². The molecule has 0 saturated carbocycles. The van der Waals surface area contributed by atoms with E-state index in [4.69, 9.17) is 5.73 Å². The molecule has 2 rings (SSSR count). The summed E-state index contributed by atoms with van der Waals surface area (Å²) in [5.41, 5.74) is 6.59. The third-order valence-corrected chi connectivity index (χ3v) is 3.04. The van der Waals surface area contributed by atoms with Gasteiger partial charge in [-0.25, -0.2) is 8.78 Å². The number of hydrogen-bond donors (Lipinski definition) is 1. The largest absolute Gasteiger partial charge is 0.383 e. The van der Waals surface area contributed by atoms with Gasteiger partial charge in [0.2, 0.25) is 0 Å². The number of aromatic nitrogens is 2. The van der Waals surface area contributed by atoms with Gasteiger partial charge in [0.25, 0.3) is 0 Å². The molecule has 3 nitrogen and oxygen atoms in total. The Hall–Kier alpha value is -1.43. The molecule has 0 radical (unpaired) electrons. The van der Waals surface area contributed by atoms with Gasteiger partial charge in [-0.1, -0.05) is 0 Å². The van der Waals surface area contributed by atoms with Crippen LogP contribution in [-0.2, 0) is 7.05 Å². The van der Waals surface area contributed by atoms with Gasteiger partial charge in [-0.2, -0.15) is 5.10 Å². The molecule has 0 atom stereocenters. The summed E-state index contributed by atoms with van der Waals surface area (Å²) in [6.45, 7) is 0. The van der Waals surface area contributed by atoms with Gasteiger partial charge in [0.1, 0.15) is 17.5 Å². The molecule has 1 aromatic heterocycles. The van der Waals surface area contributed by atoms with Crippen molar-refractivity contribution >= 4 is 21.7 Å². The summed E-state index contributed by atoms with van der Waals surface area (Å²) < 4.78 is 27.9. The fraction of sp³-hybridized carbons (Fsp3) is 0.100. The van der Waals surface area contributed by atoms with E-state index in [1.54, 1.807) is 7.05 Å². The average Bonchev–Trinajstić information content (AvgIpc) is 2.56. The Labute approximate surface area is 99.0 Å². The van der Waals surface area contributed by atoms with Gasteiger partial charge in [-0.3, -0.25) is 4.68 Å². The standard InChI is InChI=1S/C10H8BrF2N3/c1-16-10(14)6(4-15-16)5-2-7(12)9(11)8(13)3-5/h2-4H,14H2,1H3. The summed E-state index contributed by atoms with van der Waals surface area (Å²) in [6, 6.07) is 2.42. The van der Waals surface area contributed by atoms with Crippen LogP contribution < -0.4 is 5.73 Å². The van der Waals surface area contributed by atoms with Crippen LogP contribution in [0.2, 0.25) is 0 Å². The lowest BCUT2D eigenvalue weighted by Crippen LogP contribution is -1.98. The Morgan fingerprint density at radius 2 is 1.88 bits per heavy atom. The van der Waals surface area contributed by atoms with E-state index in [1.165, 1.54) is 23.0 Å². The summed E-state index contributed by atoms with van der Waals surface area (Å²) in [4.78, 5) is 0. The molecule has 0 aliphatic carbocycles. The Bertz CT molecular complexity index is 528. The van der Waals surface area contributed by atoms with Crippen LogP contribution in [0.25, 0.3) is 11.1 Å². The molecule has 2 N–H and O–H groups in total. The highest BCUT2D eigenvalue weighted by Crippen LogP contribution is 2.30. The van der Waals surface area contributed by atoms with Crippen molar-refractivity contribution in [1.29, 1.82) is 0 Å². The molecule has 1 aromatic carbocycles. The van der Waals surface area contributed by atoms with Crippen LogP contribution in [0.1, 0.15) is 0 Å². The molecule has 16 heavy (non-hydrogen) atoms. The van der Waals surface area contributed by atoms with Gasteiger partial charge in [0.05, 0.1) is 10.7 Å². The fourth-order valence-corrected chi connectivity index (χ4v) is 1.61. The third kappa shape index (κ3) is 1.69. The summed E-state index contributed by atoms with van der Waals surface area (Å²) in [5.74, 6) is -0.974. The minimum Gasteiger partial charge on any atom is -0.383 e. The Kier molecular flexibility index (Phi) is 2.67. The van der Waals surface area contributed by atoms with Crippen molar-refractivity contribution in [2.45, 2.75) is 0 Å². The number of nitrogens with two attached hydrogens (primary N) is 1. The van der Waals surface area contributed by atoms with E-state index in [0.29, 0.717) is 16.9 Å². The van der Waals surface area contributed by atoms with Crippen molar-refractivity contribution < 1.29 is 8.78 Å². The lowest BCUT2D eigenvalue weighted by atomic mass is 10.1. The minimum absolute atomic E-state index is 0.182. The second-order valence-electron chi connectivity index (χ2n) is 3.32. The molecule has 0 aliphatic heterocycles. The van der Waals surface area contributed by atoms with Crippen molar-refractivity contribution in [2.24, 2.45) is 7.05 Å². The van der Waals surface area contributed by atoms with Crippen molar-refractivity contribution in [1.82, 2.24) is 9.78 Å². The maximum atomic E-state index is 13.3. The van der Waals surface area contributed by atoms with E-state index in [-0.39, 0.29) is 4.47 Å². The smallest absolute Gasteiger partial charge is 0.140 e. The van der Waals surface area contributed by atoms with E-state index < -0.39 is 11.6 Å². The minimum atomic E-state index is -0.668. The molecular weight excluding hydrogens is 280 g/mol. The normalized spacial score (nSPS) is 10.8. The topological polar surface area (TPSA) is 43.8 Å². The molecule has 0 unspecified atom stereocenters. The van der Waals surface area contributed by atoms with Crippen LogP contribution in [0.5, 0.6) is 0 Å². The molecule has 0 spiro atoms. The number of aryl methyl sites for hydroxylation is 1. The first-order chi connectivity index (χ1) is 7.50. The van der Waals surface area contributed by atoms with E-state index in [1.807, 2.05) is 0 Å². The molecular formula is C10H8BrF2N3. The Morgan fingerprint density at radius 1 is 1.31 bits per heavy atom. The van der Waals surface area contributed by atoms with Gasteiger partial charge < -0.3 is 5.73 Å². The number of benzene rings is 1. The van der Waals surface area contributed by atoms with Crippen LogP contribution >= 0.6 is 15.9 Å². The lowest BCUT2D eigenvalue weighted by molar-refractivity contribution is 0.573. The number of halogens is 3. The molecule has 0 saturated heterocycles. The second-order valence-corrected chi connectivity index (χ2v) is 4.11.